The van der Waals surface area contributed by atoms with Crippen LogP contribution in [0.5, 0.6) is 17.2 Å². The lowest BCUT2D eigenvalue weighted by atomic mass is 10.2. The second-order valence-corrected chi connectivity index (χ2v) is 12.3. The number of carbonyl (C=O) groups is 3. The Morgan fingerprint density at radius 2 is 0.776 bits per heavy atom. The summed E-state index contributed by atoms with van der Waals surface area (Å²) in [5.41, 5.74) is -3.32. The number of pyridine rings is 3. The third-order valence-electron chi connectivity index (χ3n) is 8.37. The number of nitrogens with zero attached hydrogens (tertiary/aromatic N) is 4. The first-order valence-corrected chi connectivity index (χ1v) is 18.3. The molecule has 22 heteroatoms. The Morgan fingerprint density at radius 1 is 0.500 bits per heavy atom. The topological polar surface area (TPSA) is 306 Å². The van der Waals surface area contributed by atoms with E-state index in [0.29, 0.717) is 0 Å². The van der Waals surface area contributed by atoms with Gasteiger partial charge in [0, 0.05) is 95.7 Å². The Kier molecular flexibility index (Phi) is 20.1. The fraction of sp³-hybridized carbons (Fsp3) is 0.500. The lowest BCUT2D eigenvalue weighted by Crippen LogP contribution is -2.44. The van der Waals surface area contributed by atoms with Crippen molar-refractivity contribution >= 4 is 17.7 Å². The normalized spacial score (nSPS) is 11.2. The van der Waals surface area contributed by atoms with Gasteiger partial charge in [-0.1, -0.05) is 0 Å². The molecule has 9 N–H and O–H groups in total. The Hall–Kier alpha value is -5.62. The van der Waals surface area contributed by atoms with Crippen LogP contribution in [-0.2, 0) is 33.8 Å². The van der Waals surface area contributed by atoms with Gasteiger partial charge in [-0.15, -0.1) is 0 Å². The molecule has 3 amide bonds. The van der Waals surface area contributed by atoms with Gasteiger partial charge in [-0.2, -0.15) is 0 Å². The summed E-state index contributed by atoms with van der Waals surface area (Å²) in [6.45, 7) is -0.0505. The van der Waals surface area contributed by atoms with Crippen LogP contribution in [0.25, 0.3) is 0 Å². The van der Waals surface area contributed by atoms with Crippen molar-refractivity contribution in [3.8, 4) is 17.2 Å². The number of carbonyl (C=O) groups excluding carboxylic acids is 3. The molecule has 0 aliphatic rings. The van der Waals surface area contributed by atoms with Gasteiger partial charge in [-0.25, -0.2) is 0 Å². The van der Waals surface area contributed by atoms with Gasteiger partial charge in [-0.05, 0) is 0 Å². The summed E-state index contributed by atoms with van der Waals surface area (Å²) in [5.74, 6) is -4.72. The van der Waals surface area contributed by atoms with Crippen LogP contribution in [0, 0.1) is 0 Å². The molecule has 3 rings (SSSR count). The van der Waals surface area contributed by atoms with E-state index in [4.69, 9.17) is 29.5 Å². The minimum Gasteiger partial charge on any atom is -0.503 e. The van der Waals surface area contributed by atoms with Crippen LogP contribution in [0.15, 0.2) is 51.2 Å². The number of aromatic hydroxyl groups is 3. The highest BCUT2D eigenvalue weighted by molar-refractivity contribution is 5.96. The molecule has 0 unspecified atom stereocenters. The zero-order valence-corrected chi connectivity index (χ0v) is 31.8. The van der Waals surface area contributed by atoms with Crippen molar-refractivity contribution in [2.75, 3.05) is 98.7 Å². The molecule has 22 nitrogen and oxygen atoms in total. The Morgan fingerprint density at radius 3 is 1.03 bits per heavy atom. The van der Waals surface area contributed by atoms with Crippen LogP contribution >= 0.6 is 0 Å². The smallest absolute Gasteiger partial charge is 0.271 e. The zero-order chi connectivity index (χ0) is 42.5. The van der Waals surface area contributed by atoms with Crippen molar-refractivity contribution in [3.63, 3.8) is 0 Å². The van der Waals surface area contributed by atoms with Crippen LogP contribution in [0.2, 0.25) is 0 Å². The molecular weight excluding hydrogens is 770 g/mol. The first-order chi connectivity index (χ1) is 27.9. The SMILES string of the molecule is O=C(NCCN(CCNC(=O)c1c(O)c(=O)ccn1CCOCCO)CCNC(=O)c1c(O)c(=O)ccn1CCOCCO)c1c(O)c(=O)ccn1CCOCCO. The van der Waals surface area contributed by atoms with Gasteiger partial charge in [0.25, 0.3) is 17.7 Å². The molecule has 0 aromatic carbocycles. The highest BCUT2D eigenvalue weighted by Crippen LogP contribution is 2.14. The summed E-state index contributed by atoms with van der Waals surface area (Å²) in [5, 5.41) is 66.2. The summed E-state index contributed by atoms with van der Waals surface area (Å²) in [4.78, 5) is 78.0. The molecular formula is C36H51N7O15. The number of hydrogen-bond donors (Lipinski definition) is 9. The maximum absolute atomic E-state index is 13.2. The third kappa shape index (κ3) is 14.1. The largest absolute Gasteiger partial charge is 0.503 e. The number of nitrogens with one attached hydrogen (secondary N) is 3. The van der Waals surface area contributed by atoms with Crippen LogP contribution in [0.4, 0.5) is 0 Å². The number of amides is 3. The van der Waals surface area contributed by atoms with E-state index in [2.05, 4.69) is 16.0 Å². The van der Waals surface area contributed by atoms with E-state index in [-0.39, 0.29) is 135 Å². The van der Waals surface area contributed by atoms with Crippen LogP contribution in [0.1, 0.15) is 31.5 Å². The Labute approximate surface area is 331 Å². The van der Waals surface area contributed by atoms with E-state index in [1.54, 1.807) is 4.90 Å². The van der Waals surface area contributed by atoms with Gasteiger partial charge in [-0.3, -0.25) is 33.7 Å². The molecule has 0 bridgehead atoms. The highest BCUT2D eigenvalue weighted by atomic mass is 16.5. The van der Waals surface area contributed by atoms with Gasteiger partial charge >= 0.3 is 0 Å². The number of rotatable bonds is 27. The molecule has 0 fully saturated rings. The second-order valence-electron chi connectivity index (χ2n) is 12.3. The van der Waals surface area contributed by atoms with E-state index in [0.717, 1.165) is 18.2 Å². The molecule has 3 aromatic rings. The maximum Gasteiger partial charge on any atom is 0.271 e. The molecule has 0 saturated carbocycles. The van der Waals surface area contributed by atoms with Crippen molar-refractivity contribution in [1.29, 1.82) is 0 Å². The molecule has 0 aliphatic carbocycles. The Bertz CT molecular complexity index is 1760. The van der Waals surface area contributed by atoms with E-state index in [1.165, 1.54) is 32.3 Å². The lowest BCUT2D eigenvalue weighted by molar-refractivity contribution is 0.0841. The number of ether oxygens (including phenoxy) is 3. The van der Waals surface area contributed by atoms with Gasteiger partial charge in [0.15, 0.2) is 34.3 Å². The lowest BCUT2D eigenvalue weighted by Gasteiger charge is -2.24. The molecule has 3 heterocycles. The predicted molar refractivity (Wildman–Crippen MR) is 204 cm³/mol. The van der Waals surface area contributed by atoms with Gasteiger partial charge in [0.05, 0.1) is 59.5 Å². The summed E-state index contributed by atoms with van der Waals surface area (Å²) < 4.78 is 19.7. The summed E-state index contributed by atoms with van der Waals surface area (Å²) >= 11 is 0. The average Bonchev–Trinajstić information content (AvgIpc) is 3.20. The quantitative estimate of drug-likeness (QED) is 0.0333. The summed E-state index contributed by atoms with van der Waals surface area (Å²) in [6, 6.07) is 3.26. The Balaban J connectivity index is 1.75. The van der Waals surface area contributed by atoms with Crippen molar-refractivity contribution in [1.82, 2.24) is 34.6 Å². The average molecular weight is 822 g/mol. The minimum atomic E-state index is -0.792. The fourth-order valence-electron chi connectivity index (χ4n) is 5.52. The van der Waals surface area contributed by atoms with E-state index in [9.17, 15) is 44.1 Å². The fourth-order valence-corrected chi connectivity index (χ4v) is 5.52. The molecule has 0 spiro atoms. The first-order valence-electron chi connectivity index (χ1n) is 18.3. The molecule has 0 aliphatic heterocycles. The molecule has 0 radical (unpaired) electrons. The standard InChI is InChI=1S/C36H51N7O15/c44-16-22-56-19-13-41-7-1-25(47)31(50)28(41)34(53)37-4-10-40(11-5-38-35(54)29-32(51)26(48)2-8-42(29)14-20-57-23-17-45)12-6-39-36(55)30-33(52)27(49)3-9-43(30)15-21-58-24-18-46/h1-3,7-9,44-46,50-52H,4-6,10-24H2,(H,37,53)(H,38,54)(H,39,55). The second kappa shape index (κ2) is 24.9. The minimum absolute atomic E-state index is 0.0452. The number of aromatic nitrogens is 3. The molecule has 0 atom stereocenters. The van der Waals surface area contributed by atoms with Crippen LogP contribution in [0.3, 0.4) is 0 Å². The molecule has 58 heavy (non-hydrogen) atoms. The number of aliphatic hydroxyl groups excluding tert-OH is 3. The van der Waals surface area contributed by atoms with Crippen molar-refractivity contribution in [3.05, 3.63) is 84.5 Å². The van der Waals surface area contributed by atoms with Crippen molar-refractivity contribution < 1.29 is 59.2 Å². The first kappa shape index (κ1) is 46.8. The molecule has 320 valence electrons. The van der Waals surface area contributed by atoms with Crippen LogP contribution in [-0.4, -0.2) is 166 Å². The summed E-state index contributed by atoms with van der Waals surface area (Å²) in [7, 11) is 0. The van der Waals surface area contributed by atoms with Crippen molar-refractivity contribution in [2.45, 2.75) is 19.6 Å². The zero-order valence-electron chi connectivity index (χ0n) is 31.8. The predicted octanol–water partition coefficient (Wildman–Crippen LogP) is -3.79. The van der Waals surface area contributed by atoms with Crippen molar-refractivity contribution in [2.24, 2.45) is 0 Å². The third-order valence-corrected chi connectivity index (χ3v) is 8.37. The molecule has 3 aromatic heterocycles. The summed E-state index contributed by atoms with van der Waals surface area (Å²) in [6.07, 6.45) is 3.94. The highest BCUT2D eigenvalue weighted by Gasteiger charge is 2.22. The van der Waals surface area contributed by atoms with Gasteiger partial charge < -0.3 is 74.5 Å². The number of aliphatic hydroxyl groups is 3. The van der Waals surface area contributed by atoms with Gasteiger partial charge in [0.1, 0.15) is 0 Å². The number of hydrogen-bond acceptors (Lipinski definition) is 16. The van der Waals surface area contributed by atoms with Gasteiger partial charge in [0.2, 0.25) is 16.3 Å². The monoisotopic (exact) mass is 821 g/mol. The van der Waals surface area contributed by atoms with E-state index >= 15 is 0 Å². The van der Waals surface area contributed by atoms with Crippen LogP contribution < -0.4 is 32.2 Å². The maximum atomic E-state index is 13.2. The van der Waals surface area contributed by atoms with E-state index in [1.807, 2.05) is 0 Å². The molecule has 0 saturated heterocycles. The van der Waals surface area contributed by atoms with E-state index < -0.39 is 51.3 Å².